The number of hydrogen-bond donors (Lipinski definition) is 2. The number of phenolic OH excluding ortho intramolecular Hbond substituents is 1. The standard InChI is InChI=1S/C17H21NO3/c1-12(13-7-9-15(20-2)10-8-13)18-11-14-5-4-6-16(21-3)17(14)19/h4-10,12,18-19H,11H2,1-3H3/t12-/m1/s1. The molecule has 2 aromatic carbocycles. The number of benzene rings is 2. The molecule has 4 nitrogen and oxygen atoms in total. The lowest BCUT2D eigenvalue weighted by Crippen LogP contribution is -2.18. The number of ether oxygens (including phenoxy) is 2. The molecule has 21 heavy (non-hydrogen) atoms. The van der Waals surface area contributed by atoms with Crippen molar-refractivity contribution in [3.8, 4) is 17.2 Å². The lowest BCUT2D eigenvalue weighted by molar-refractivity contribution is 0.369. The van der Waals surface area contributed by atoms with Crippen LogP contribution in [0.5, 0.6) is 17.2 Å². The summed E-state index contributed by atoms with van der Waals surface area (Å²) in [4.78, 5) is 0. The Bertz CT molecular complexity index is 581. The van der Waals surface area contributed by atoms with Crippen molar-refractivity contribution in [3.05, 3.63) is 53.6 Å². The summed E-state index contributed by atoms with van der Waals surface area (Å²) in [5.41, 5.74) is 1.98. The molecular weight excluding hydrogens is 266 g/mol. The molecule has 0 aliphatic rings. The van der Waals surface area contributed by atoms with Gasteiger partial charge in [-0.05, 0) is 30.7 Å². The predicted molar refractivity (Wildman–Crippen MR) is 82.9 cm³/mol. The van der Waals surface area contributed by atoms with Crippen LogP contribution in [0.15, 0.2) is 42.5 Å². The summed E-state index contributed by atoms with van der Waals surface area (Å²) in [7, 11) is 3.20. The van der Waals surface area contributed by atoms with Crippen LogP contribution in [0, 0.1) is 0 Å². The first-order chi connectivity index (χ1) is 10.2. The Morgan fingerprint density at radius 2 is 1.76 bits per heavy atom. The number of hydrogen-bond acceptors (Lipinski definition) is 4. The number of para-hydroxylation sites is 1. The summed E-state index contributed by atoms with van der Waals surface area (Å²) >= 11 is 0. The van der Waals surface area contributed by atoms with Crippen molar-refractivity contribution in [2.45, 2.75) is 19.5 Å². The molecule has 0 unspecified atom stereocenters. The SMILES string of the molecule is COc1ccc([C@@H](C)NCc2cccc(OC)c2O)cc1. The van der Waals surface area contributed by atoms with Crippen LogP contribution in [0.3, 0.4) is 0 Å². The summed E-state index contributed by atoms with van der Waals surface area (Å²) in [6.45, 7) is 2.65. The van der Waals surface area contributed by atoms with Crippen LogP contribution in [-0.2, 0) is 6.54 Å². The second-order valence-corrected chi connectivity index (χ2v) is 4.84. The third-order valence-electron chi connectivity index (χ3n) is 3.52. The van der Waals surface area contributed by atoms with Crippen molar-refractivity contribution in [3.63, 3.8) is 0 Å². The molecule has 2 N–H and O–H groups in total. The van der Waals surface area contributed by atoms with Gasteiger partial charge in [0.15, 0.2) is 11.5 Å². The molecule has 0 spiro atoms. The van der Waals surface area contributed by atoms with E-state index >= 15 is 0 Å². The summed E-state index contributed by atoms with van der Waals surface area (Å²) < 4.78 is 10.3. The Kier molecular flexibility index (Phi) is 5.06. The van der Waals surface area contributed by atoms with E-state index in [2.05, 4.69) is 12.2 Å². The van der Waals surface area contributed by atoms with Gasteiger partial charge in [0.05, 0.1) is 14.2 Å². The van der Waals surface area contributed by atoms with Gasteiger partial charge in [-0.25, -0.2) is 0 Å². The fourth-order valence-corrected chi connectivity index (χ4v) is 2.15. The molecular formula is C17H21NO3. The highest BCUT2D eigenvalue weighted by Crippen LogP contribution is 2.29. The molecule has 0 radical (unpaired) electrons. The Balaban J connectivity index is 2.01. The van der Waals surface area contributed by atoms with E-state index in [0.29, 0.717) is 12.3 Å². The van der Waals surface area contributed by atoms with Crippen LogP contribution in [0.4, 0.5) is 0 Å². The molecule has 0 heterocycles. The normalized spacial score (nSPS) is 12.0. The zero-order valence-corrected chi connectivity index (χ0v) is 12.6. The molecule has 112 valence electrons. The average Bonchev–Trinajstić information content (AvgIpc) is 2.53. The number of methoxy groups -OCH3 is 2. The summed E-state index contributed by atoms with van der Waals surface area (Å²) in [5.74, 6) is 1.53. The second kappa shape index (κ2) is 6.99. The van der Waals surface area contributed by atoms with E-state index in [-0.39, 0.29) is 11.8 Å². The molecule has 0 amide bonds. The van der Waals surface area contributed by atoms with E-state index in [1.807, 2.05) is 36.4 Å². The quantitative estimate of drug-likeness (QED) is 0.856. The minimum absolute atomic E-state index is 0.168. The first-order valence-corrected chi connectivity index (χ1v) is 6.88. The number of nitrogens with one attached hydrogen (secondary N) is 1. The molecule has 4 heteroatoms. The fourth-order valence-electron chi connectivity index (χ4n) is 2.15. The maximum absolute atomic E-state index is 10.1. The van der Waals surface area contributed by atoms with Crippen molar-refractivity contribution in [1.29, 1.82) is 0 Å². The first kappa shape index (κ1) is 15.2. The van der Waals surface area contributed by atoms with Gasteiger partial charge in [0, 0.05) is 18.2 Å². The third kappa shape index (κ3) is 3.67. The van der Waals surface area contributed by atoms with Crippen LogP contribution < -0.4 is 14.8 Å². The van der Waals surface area contributed by atoms with E-state index in [1.54, 1.807) is 20.3 Å². The highest BCUT2D eigenvalue weighted by atomic mass is 16.5. The van der Waals surface area contributed by atoms with Gasteiger partial charge in [0.25, 0.3) is 0 Å². The van der Waals surface area contributed by atoms with Crippen LogP contribution >= 0.6 is 0 Å². The number of aromatic hydroxyl groups is 1. The molecule has 0 aliphatic carbocycles. The third-order valence-corrected chi connectivity index (χ3v) is 3.52. The zero-order chi connectivity index (χ0) is 15.2. The molecule has 2 aromatic rings. The molecule has 0 aliphatic heterocycles. The molecule has 0 aromatic heterocycles. The van der Waals surface area contributed by atoms with Gasteiger partial charge < -0.3 is 19.9 Å². The van der Waals surface area contributed by atoms with Gasteiger partial charge in [0.2, 0.25) is 0 Å². The molecule has 0 fully saturated rings. The zero-order valence-electron chi connectivity index (χ0n) is 12.6. The van der Waals surface area contributed by atoms with E-state index in [9.17, 15) is 5.11 Å². The average molecular weight is 287 g/mol. The van der Waals surface area contributed by atoms with Crippen LogP contribution in [0.2, 0.25) is 0 Å². The Hall–Kier alpha value is -2.20. The smallest absolute Gasteiger partial charge is 0.162 e. The lowest BCUT2D eigenvalue weighted by Gasteiger charge is -2.16. The van der Waals surface area contributed by atoms with Crippen LogP contribution in [0.1, 0.15) is 24.1 Å². The highest BCUT2D eigenvalue weighted by Gasteiger charge is 2.09. The minimum atomic E-state index is 0.168. The second-order valence-electron chi connectivity index (χ2n) is 4.84. The Labute approximate surface area is 125 Å². The predicted octanol–water partition coefficient (Wildman–Crippen LogP) is 3.26. The molecule has 2 rings (SSSR count). The van der Waals surface area contributed by atoms with Crippen molar-refractivity contribution >= 4 is 0 Å². The van der Waals surface area contributed by atoms with E-state index in [4.69, 9.17) is 9.47 Å². The monoisotopic (exact) mass is 287 g/mol. The fraction of sp³-hybridized carbons (Fsp3) is 0.294. The number of phenols is 1. The lowest BCUT2D eigenvalue weighted by atomic mass is 10.1. The van der Waals surface area contributed by atoms with Crippen molar-refractivity contribution in [1.82, 2.24) is 5.32 Å². The number of rotatable bonds is 6. The van der Waals surface area contributed by atoms with E-state index in [0.717, 1.165) is 16.9 Å². The Morgan fingerprint density at radius 3 is 2.38 bits per heavy atom. The van der Waals surface area contributed by atoms with E-state index in [1.165, 1.54) is 0 Å². The molecule has 0 bridgehead atoms. The summed E-state index contributed by atoms with van der Waals surface area (Å²) in [6, 6.07) is 13.6. The summed E-state index contributed by atoms with van der Waals surface area (Å²) in [5, 5.41) is 13.4. The Morgan fingerprint density at radius 1 is 1.05 bits per heavy atom. The van der Waals surface area contributed by atoms with Crippen molar-refractivity contribution in [2.24, 2.45) is 0 Å². The van der Waals surface area contributed by atoms with Gasteiger partial charge in [-0.3, -0.25) is 0 Å². The van der Waals surface area contributed by atoms with Crippen LogP contribution in [-0.4, -0.2) is 19.3 Å². The maximum Gasteiger partial charge on any atom is 0.162 e. The first-order valence-electron chi connectivity index (χ1n) is 6.88. The minimum Gasteiger partial charge on any atom is -0.504 e. The summed E-state index contributed by atoms with van der Waals surface area (Å²) in [6.07, 6.45) is 0. The van der Waals surface area contributed by atoms with Gasteiger partial charge in [0.1, 0.15) is 5.75 Å². The van der Waals surface area contributed by atoms with Gasteiger partial charge in [-0.2, -0.15) is 0 Å². The van der Waals surface area contributed by atoms with Crippen molar-refractivity contribution in [2.75, 3.05) is 14.2 Å². The topological polar surface area (TPSA) is 50.7 Å². The largest absolute Gasteiger partial charge is 0.504 e. The molecule has 0 saturated carbocycles. The highest BCUT2D eigenvalue weighted by molar-refractivity contribution is 5.45. The van der Waals surface area contributed by atoms with Crippen molar-refractivity contribution < 1.29 is 14.6 Å². The maximum atomic E-state index is 10.1. The molecule has 1 atom stereocenters. The van der Waals surface area contributed by atoms with Gasteiger partial charge in [-0.1, -0.05) is 24.3 Å². The van der Waals surface area contributed by atoms with E-state index < -0.39 is 0 Å². The van der Waals surface area contributed by atoms with Gasteiger partial charge >= 0.3 is 0 Å². The van der Waals surface area contributed by atoms with Crippen LogP contribution in [0.25, 0.3) is 0 Å². The van der Waals surface area contributed by atoms with Gasteiger partial charge in [-0.15, -0.1) is 0 Å². The molecule has 0 saturated heterocycles.